The van der Waals surface area contributed by atoms with Gasteiger partial charge in [0.15, 0.2) is 14.0 Å². The highest BCUT2D eigenvalue weighted by Crippen LogP contribution is 2.49. The molecular formula is C23H23Cl2F3N4O3S. The van der Waals surface area contributed by atoms with Gasteiger partial charge in [0.2, 0.25) is 6.41 Å². The van der Waals surface area contributed by atoms with Crippen molar-refractivity contribution < 1.29 is 26.4 Å². The highest BCUT2D eigenvalue weighted by molar-refractivity contribution is 7.93. The van der Waals surface area contributed by atoms with E-state index >= 15 is 0 Å². The van der Waals surface area contributed by atoms with Crippen molar-refractivity contribution in [2.24, 2.45) is 7.05 Å². The molecule has 1 saturated heterocycles. The first-order valence-electron chi connectivity index (χ1n) is 10.9. The average molecular weight is 563 g/mol. The highest BCUT2D eigenvalue weighted by atomic mass is 35.5. The smallest absolute Gasteiger partial charge is 0.332 e. The second-order valence-corrected chi connectivity index (χ2v) is 12.6. The molecule has 1 aliphatic rings. The molecule has 3 atom stereocenters. The van der Waals surface area contributed by atoms with Crippen molar-refractivity contribution in [1.82, 2.24) is 19.4 Å². The van der Waals surface area contributed by atoms with Crippen molar-refractivity contribution in [2.45, 2.75) is 41.6 Å². The van der Waals surface area contributed by atoms with E-state index in [9.17, 15) is 26.4 Å². The van der Waals surface area contributed by atoms with Gasteiger partial charge in [-0.05, 0) is 42.7 Å². The predicted octanol–water partition coefficient (Wildman–Crippen LogP) is 4.38. The van der Waals surface area contributed by atoms with Gasteiger partial charge in [-0.3, -0.25) is 9.78 Å². The standard InChI is InChI=1S/C23H23Cl2F3N4O3S/c1-13-9-18(23(26,27)28)30-21-16(13)10-14(31(21)2)11-17-15(5-4-7-29-17)19-20(24)32(12-33)8-6-22(19,25)36(3,34)35/h4-5,7,9-10,12,19-20H,6,8,11H2,1-3H3. The van der Waals surface area contributed by atoms with Crippen molar-refractivity contribution in [3.8, 4) is 0 Å². The largest absolute Gasteiger partial charge is 0.433 e. The first kappa shape index (κ1) is 26.7. The Kier molecular flexibility index (Phi) is 6.81. The third kappa shape index (κ3) is 4.45. The van der Waals surface area contributed by atoms with E-state index in [0.717, 1.165) is 12.3 Å². The van der Waals surface area contributed by atoms with Crippen LogP contribution in [0.15, 0.2) is 30.5 Å². The summed E-state index contributed by atoms with van der Waals surface area (Å²) in [5.41, 5.74) is 0.0231. The first-order valence-corrected chi connectivity index (χ1v) is 13.6. The van der Waals surface area contributed by atoms with Crippen LogP contribution in [0.1, 0.15) is 40.5 Å². The molecule has 4 heterocycles. The molecule has 7 nitrogen and oxygen atoms in total. The molecule has 1 fully saturated rings. The van der Waals surface area contributed by atoms with Crippen LogP contribution in [0.25, 0.3) is 11.0 Å². The Balaban J connectivity index is 1.84. The molecular weight excluding hydrogens is 540 g/mol. The summed E-state index contributed by atoms with van der Waals surface area (Å²) in [5, 5.41) is 0.556. The number of rotatable bonds is 5. The molecule has 36 heavy (non-hydrogen) atoms. The molecule has 13 heteroatoms. The second-order valence-electron chi connectivity index (χ2n) is 8.97. The average Bonchev–Trinajstić information content (AvgIpc) is 3.10. The molecule has 0 aliphatic carbocycles. The Hall–Kier alpha value is -2.37. The Labute approximate surface area is 216 Å². The Morgan fingerprint density at radius 2 is 2.00 bits per heavy atom. The lowest BCUT2D eigenvalue weighted by Crippen LogP contribution is -2.54. The number of amides is 1. The van der Waals surface area contributed by atoms with E-state index in [2.05, 4.69) is 9.97 Å². The maximum absolute atomic E-state index is 13.3. The monoisotopic (exact) mass is 562 g/mol. The molecule has 0 spiro atoms. The van der Waals surface area contributed by atoms with E-state index in [4.69, 9.17) is 23.2 Å². The maximum Gasteiger partial charge on any atom is 0.433 e. The van der Waals surface area contributed by atoms with Gasteiger partial charge in [-0.25, -0.2) is 13.4 Å². The predicted molar refractivity (Wildman–Crippen MR) is 131 cm³/mol. The Morgan fingerprint density at radius 1 is 1.31 bits per heavy atom. The van der Waals surface area contributed by atoms with Crippen molar-refractivity contribution in [2.75, 3.05) is 12.8 Å². The summed E-state index contributed by atoms with van der Waals surface area (Å²) in [7, 11) is -2.24. The number of halogens is 5. The highest BCUT2D eigenvalue weighted by Gasteiger charge is 2.55. The second kappa shape index (κ2) is 9.18. The van der Waals surface area contributed by atoms with Crippen molar-refractivity contribution in [3.05, 3.63) is 58.7 Å². The van der Waals surface area contributed by atoms with Crippen LogP contribution in [0.5, 0.6) is 0 Å². The normalized spacial score (nSPS) is 23.3. The minimum atomic E-state index is -4.59. The Morgan fingerprint density at radius 3 is 2.61 bits per heavy atom. The van der Waals surface area contributed by atoms with Crippen LogP contribution < -0.4 is 0 Å². The zero-order valence-electron chi connectivity index (χ0n) is 19.6. The van der Waals surface area contributed by atoms with Crippen molar-refractivity contribution >= 4 is 50.5 Å². The van der Waals surface area contributed by atoms with Crippen LogP contribution in [0.4, 0.5) is 13.2 Å². The van der Waals surface area contributed by atoms with Crippen LogP contribution >= 0.6 is 23.2 Å². The van der Waals surface area contributed by atoms with Gasteiger partial charge in [0.25, 0.3) is 0 Å². The molecule has 0 bridgehead atoms. The number of nitrogens with zero attached hydrogens (tertiary/aromatic N) is 4. The van der Waals surface area contributed by atoms with Gasteiger partial charge in [0.05, 0.1) is 5.92 Å². The van der Waals surface area contributed by atoms with E-state index in [1.165, 1.54) is 11.1 Å². The van der Waals surface area contributed by atoms with Crippen molar-refractivity contribution in [3.63, 3.8) is 0 Å². The van der Waals surface area contributed by atoms with Crippen LogP contribution in [0.3, 0.4) is 0 Å². The molecule has 0 aromatic carbocycles. The molecule has 194 valence electrons. The van der Waals surface area contributed by atoms with Crippen LogP contribution in [-0.4, -0.2) is 56.8 Å². The number of carbonyl (C=O) groups excluding carboxylic acids is 1. The maximum atomic E-state index is 13.3. The van der Waals surface area contributed by atoms with Gasteiger partial charge in [-0.2, -0.15) is 13.2 Å². The molecule has 4 rings (SSSR count). The summed E-state index contributed by atoms with van der Waals surface area (Å²) in [6.45, 7) is 1.65. The fraction of sp³-hybridized carbons (Fsp3) is 0.435. The quantitative estimate of drug-likeness (QED) is 0.262. The number of fused-ring (bicyclic) bond motifs is 1. The zero-order chi connectivity index (χ0) is 26.6. The lowest BCUT2D eigenvalue weighted by molar-refractivity contribution is -0.141. The molecule has 1 aliphatic heterocycles. The van der Waals surface area contributed by atoms with Gasteiger partial charge in [-0.1, -0.05) is 17.7 Å². The summed E-state index contributed by atoms with van der Waals surface area (Å²) in [6.07, 6.45) is -1.39. The fourth-order valence-electron chi connectivity index (χ4n) is 4.73. The van der Waals surface area contributed by atoms with Gasteiger partial charge >= 0.3 is 6.18 Å². The minimum absolute atomic E-state index is 0.0360. The number of sulfone groups is 1. The van der Waals surface area contributed by atoms with Gasteiger partial charge in [-0.15, -0.1) is 11.6 Å². The van der Waals surface area contributed by atoms with Gasteiger partial charge in [0, 0.05) is 49.2 Å². The molecule has 3 aromatic heterocycles. The summed E-state index contributed by atoms with van der Waals surface area (Å²) >= 11 is 13.4. The van der Waals surface area contributed by atoms with E-state index < -0.39 is 37.3 Å². The van der Waals surface area contributed by atoms with Gasteiger partial charge in [0.1, 0.15) is 16.8 Å². The summed E-state index contributed by atoms with van der Waals surface area (Å²) < 4.78 is 65.3. The lowest BCUT2D eigenvalue weighted by Gasteiger charge is -2.45. The topological polar surface area (TPSA) is 85.2 Å². The van der Waals surface area contributed by atoms with E-state index in [-0.39, 0.29) is 25.0 Å². The summed E-state index contributed by atoms with van der Waals surface area (Å²) in [5.74, 6) is -1.01. The molecule has 1 amide bonds. The first-order chi connectivity index (χ1) is 16.7. The fourth-order valence-corrected chi connectivity index (χ4v) is 6.87. The number of hydrogen-bond donors (Lipinski definition) is 0. The minimum Gasteiger partial charge on any atom is -0.332 e. The number of aromatic nitrogens is 3. The third-order valence-electron chi connectivity index (χ3n) is 6.72. The van der Waals surface area contributed by atoms with E-state index in [0.29, 0.717) is 34.3 Å². The molecule has 0 N–H and O–H groups in total. The van der Waals surface area contributed by atoms with Crippen LogP contribution in [-0.2, 0) is 34.3 Å². The number of alkyl halides is 5. The Bertz CT molecular complexity index is 1440. The third-order valence-corrected chi connectivity index (χ3v) is 10.2. The van der Waals surface area contributed by atoms with Crippen LogP contribution in [0, 0.1) is 6.92 Å². The lowest BCUT2D eigenvalue weighted by atomic mass is 9.87. The number of piperidine rings is 1. The van der Waals surface area contributed by atoms with Crippen LogP contribution in [0.2, 0.25) is 0 Å². The summed E-state index contributed by atoms with van der Waals surface area (Å²) in [4.78, 5) is 21.2. The number of hydrogen-bond acceptors (Lipinski definition) is 5. The van der Waals surface area contributed by atoms with Gasteiger partial charge < -0.3 is 9.47 Å². The van der Waals surface area contributed by atoms with E-state index in [1.807, 2.05) is 0 Å². The van der Waals surface area contributed by atoms with Crippen molar-refractivity contribution in [1.29, 1.82) is 0 Å². The number of aryl methyl sites for hydroxylation is 2. The molecule has 3 unspecified atom stereocenters. The molecule has 0 radical (unpaired) electrons. The molecule has 3 aromatic rings. The van der Waals surface area contributed by atoms with E-state index in [1.54, 1.807) is 36.7 Å². The number of pyridine rings is 2. The summed E-state index contributed by atoms with van der Waals surface area (Å²) in [6, 6.07) is 6.01. The zero-order valence-corrected chi connectivity index (χ0v) is 21.9. The number of carbonyl (C=O) groups is 1. The number of likely N-dealkylation sites (tertiary alicyclic amines) is 1. The molecule has 0 saturated carbocycles. The SMILES string of the molecule is Cc1cc(C(F)(F)F)nc2c1cc(Cc1ncccc1C1C(Cl)N(C=O)CCC1(Cl)S(C)(=O)=O)n2C.